The fourth-order valence-electron chi connectivity index (χ4n) is 3.11. The molecule has 0 saturated carbocycles. The van der Waals surface area contributed by atoms with Crippen molar-refractivity contribution in [3.63, 3.8) is 0 Å². The van der Waals surface area contributed by atoms with E-state index in [-0.39, 0.29) is 11.5 Å². The van der Waals surface area contributed by atoms with Crippen molar-refractivity contribution in [3.05, 3.63) is 55.6 Å². The van der Waals surface area contributed by atoms with Crippen LogP contribution in [0, 0.1) is 18.3 Å². The molecule has 0 spiro atoms. The minimum Gasteiger partial charge on any atom is -0.337 e. The van der Waals surface area contributed by atoms with Crippen LogP contribution in [0.1, 0.15) is 32.8 Å². The number of hydrogen-bond acceptors (Lipinski definition) is 5. The highest BCUT2D eigenvalue weighted by atomic mass is 32.1. The number of aromatic nitrogens is 1. The Morgan fingerprint density at radius 2 is 2.20 bits per heavy atom. The monoisotopic (exact) mass is 356 g/mol. The average Bonchev–Trinajstić information content (AvgIpc) is 2.99. The van der Waals surface area contributed by atoms with E-state index in [0.29, 0.717) is 24.2 Å². The molecule has 0 unspecified atom stereocenters. The van der Waals surface area contributed by atoms with Gasteiger partial charge in [-0.25, -0.2) is 0 Å². The second-order valence-corrected chi connectivity index (χ2v) is 7.18. The quantitative estimate of drug-likeness (QED) is 0.912. The molecule has 1 saturated heterocycles. The lowest BCUT2D eigenvalue weighted by molar-refractivity contribution is 0.0760. The van der Waals surface area contributed by atoms with Gasteiger partial charge in [0.15, 0.2) is 0 Å². The van der Waals surface area contributed by atoms with Gasteiger partial charge in [-0.05, 0) is 30.4 Å². The molecule has 7 heteroatoms. The summed E-state index contributed by atoms with van der Waals surface area (Å²) in [6.45, 7) is 5.66. The molecule has 1 fully saturated rings. The minimum absolute atomic E-state index is 0.0139. The van der Waals surface area contributed by atoms with Crippen molar-refractivity contribution in [2.45, 2.75) is 19.9 Å². The molecule has 1 aliphatic rings. The molecule has 3 rings (SSSR count). The smallest absolute Gasteiger partial charge is 0.266 e. The maximum atomic E-state index is 12.9. The number of hydrogen-bond donors (Lipinski definition) is 1. The van der Waals surface area contributed by atoms with Crippen molar-refractivity contribution < 1.29 is 4.79 Å². The number of nitrogens with one attached hydrogen (secondary N) is 1. The molecular formula is C18H20N4O2S. The highest BCUT2D eigenvalue weighted by Gasteiger charge is 2.23. The summed E-state index contributed by atoms with van der Waals surface area (Å²) in [5.41, 5.74) is 0.424. The lowest BCUT2D eigenvalue weighted by atomic mass is 10.1. The number of H-pyrrole nitrogens is 1. The Bertz CT molecular complexity index is 851. The van der Waals surface area contributed by atoms with Gasteiger partial charge >= 0.3 is 0 Å². The molecule has 1 amide bonds. The summed E-state index contributed by atoms with van der Waals surface area (Å²) in [5.74, 6) is -0.122. The number of thiophene rings is 1. The van der Waals surface area contributed by atoms with Crippen molar-refractivity contribution in [3.8, 4) is 6.07 Å². The van der Waals surface area contributed by atoms with Gasteiger partial charge < -0.3 is 9.88 Å². The van der Waals surface area contributed by atoms with Gasteiger partial charge in [-0.3, -0.25) is 14.5 Å². The standard InChI is InChI=1S/C18H20N4O2S/c1-13-15(10-19)17(23)20-11-16(13)18(24)22-6-3-5-21(7-8-22)12-14-4-2-9-25-14/h2,4,9,11H,3,5-8,12H2,1H3,(H,20,23). The van der Waals surface area contributed by atoms with Gasteiger partial charge in [-0.1, -0.05) is 6.07 Å². The largest absolute Gasteiger partial charge is 0.337 e. The van der Waals surface area contributed by atoms with Crippen LogP contribution in [-0.4, -0.2) is 46.9 Å². The van der Waals surface area contributed by atoms with Gasteiger partial charge in [0.05, 0.1) is 5.56 Å². The first kappa shape index (κ1) is 17.4. The van der Waals surface area contributed by atoms with Crippen molar-refractivity contribution in [1.82, 2.24) is 14.8 Å². The van der Waals surface area contributed by atoms with Gasteiger partial charge in [-0.2, -0.15) is 5.26 Å². The number of carbonyl (C=O) groups is 1. The van der Waals surface area contributed by atoms with Crippen LogP contribution in [0.15, 0.2) is 28.5 Å². The molecule has 2 aromatic rings. The van der Waals surface area contributed by atoms with E-state index in [1.807, 2.05) is 11.0 Å². The Morgan fingerprint density at radius 3 is 2.92 bits per heavy atom. The van der Waals surface area contributed by atoms with Gasteiger partial charge in [0.25, 0.3) is 11.5 Å². The molecule has 0 radical (unpaired) electrons. The predicted octanol–water partition coefficient (Wildman–Crippen LogP) is 1.96. The lowest BCUT2D eigenvalue weighted by Crippen LogP contribution is -2.36. The Kier molecular flexibility index (Phi) is 5.31. The maximum absolute atomic E-state index is 12.9. The van der Waals surface area contributed by atoms with Crippen LogP contribution in [0.25, 0.3) is 0 Å². The van der Waals surface area contributed by atoms with Crippen LogP contribution < -0.4 is 5.56 Å². The molecule has 0 aliphatic carbocycles. The number of aromatic amines is 1. The van der Waals surface area contributed by atoms with Gasteiger partial charge in [0.2, 0.25) is 0 Å². The van der Waals surface area contributed by atoms with Crippen molar-refractivity contribution >= 4 is 17.2 Å². The molecule has 1 aliphatic heterocycles. The van der Waals surface area contributed by atoms with Crippen molar-refractivity contribution in [1.29, 1.82) is 5.26 Å². The summed E-state index contributed by atoms with van der Waals surface area (Å²) in [5, 5.41) is 11.2. The summed E-state index contributed by atoms with van der Waals surface area (Å²) in [4.78, 5) is 32.5. The zero-order chi connectivity index (χ0) is 17.8. The second-order valence-electron chi connectivity index (χ2n) is 6.14. The number of amides is 1. The first-order valence-electron chi connectivity index (χ1n) is 8.26. The number of carbonyl (C=O) groups excluding carboxylic acids is 1. The summed E-state index contributed by atoms with van der Waals surface area (Å²) in [7, 11) is 0. The molecule has 0 atom stereocenters. The van der Waals surface area contributed by atoms with Crippen molar-refractivity contribution in [2.75, 3.05) is 26.2 Å². The van der Waals surface area contributed by atoms with Crippen LogP contribution >= 0.6 is 11.3 Å². The molecule has 25 heavy (non-hydrogen) atoms. The molecule has 3 heterocycles. The lowest BCUT2D eigenvalue weighted by Gasteiger charge is -2.22. The number of nitrogens with zero attached hydrogens (tertiary/aromatic N) is 3. The molecule has 1 N–H and O–H groups in total. The van der Waals surface area contributed by atoms with Crippen LogP contribution in [-0.2, 0) is 6.54 Å². The van der Waals surface area contributed by atoms with Gasteiger partial charge in [0.1, 0.15) is 11.6 Å². The number of nitriles is 1. The van der Waals surface area contributed by atoms with E-state index in [0.717, 1.165) is 26.1 Å². The van der Waals surface area contributed by atoms with E-state index < -0.39 is 5.56 Å². The minimum atomic E-state index is -0.450. The molecule has 0 bridgehead atoms. The second kappa shape index (κ2) is 7.64. The van der Waals surface area contributed by atoms with Gasteiger partial charge in [-0.15, -0.1) is 11.3 Å². The molecular weight excluding hydrogens is 336 g/mol. The Morgan fingerprint density at radius 1 is 1.36 bits per heavy atom. The molecule has 130 valence electrons. The van der Waals surface area contributed by atoms with E-state index in [1.54, 1.807) is 18.3 Å². The number of rotatable bonds is 3. The first-order valence-corrected chi connectivity index (χ1v) is 9.14. The highest BCUT2D eigenvalue weighted by Crippen LogP contribution is 2.16. The molecule has 0 aromatic carbocycles. The normalized spacial score (nSPS) is 15.6. The summed E-state index contributed by atoms with van der Waals surface area (Å²) in [6.07, 6.45) is 2.33. The maximum Gasteiger partial charge on any atom is 0.266 e. The van der Waals surface area contributed by atoms with E-state index in [9.17, 15) is 9.59 Å². The Hall–Kier alpha value is -2.43. The van der Waals surface area contributed by atoms with E-state index in [1.165, 1.54) is 11.1 Å². The predicted molar refractivity (Wildman–Crippen MR) is 96.6 cm³/mol. The molecule has 6 nitrogen and oxygen atoms in total. The fraction of sp³-hybridized carbons (Fsp3) is 0.389. The zero-order valence-corrected chi connectivity index (χ0v) is 14.9. The van der Waals surface area contributed by atoms with Crippen LogP contribution in [0.5, 0.6) is 0 Å². The highest BCUT2D eigenvalue weighted by molar-refractivity contribution is 7.09. The third-order valence-electron chi connectivity index (χ3n) is 4.53. The SMILES string of the molecule is Cc1c(C(=O)N2CCCN(Cc3cccs3)CC2)c[nH]c(=O)c1C#N. The topological polar surface area (TPSA) is 80.2 Å². The Balaban J connectivity index is 1.71. The Labute approximate surface area is 150 Å². The first-order chi connectivity index (χ1) is 12.1. The summed E-state index contributed by atoms with van der Waals surface area (Å²) in [6, 6.07) is 6.07. The van der Waals surface area contributed by atoms with E-state index in [2.05, 4.69) is 27.4 Å². The fourth-order valence-corrected chi connectivity index (χ4v) is 3.85. The van der Waals surface area contributed by atoms with Crippen molar-refractivity contribution in [2.24, 2.45) is 0 Å². The third kappa shape index (κ3) is 3.81. The summed E-state index contributed by atoms with van der Waals surface area (Å²) < 4.78 is 0. The molecule has 2 aromatic heterocycles. The van der Waals surface area contributed by atoms with E-state index in [4.69, 9.17) is 5.26 Å². The average molecular weight is 356 g/mol. The number of pyridine rings is 1. The third-order valence-corrected chi connectivity index (χ3v) is 5.39. The van der Waals surface area contributed by atoms with Crippen LogP contribution in [0.3, 0.4) is 0 Å². The van der Waals surface area contributed by atoms with E-state index >= 15 is 0 Å². The van der Waals surface area contributed by atoms with Gasteiger partial charge in [0, 0.05) is 43.8 Å². The summed E-state index contributed by atoms with van der Waals surface area (Å²) >= 11 is 1.75. The van der Waals surface area contributed by atoms with Crippen LogP contribution in [0.4, 0.5) is 0 Å². The zero-order valence-electron chi connectivity index (χ0n) is 14.1. The van der Waals surface area contributed by atoms with Crippen LogP contribution in [0.2, 0.25) is 0 Å².